The summed E-state index contributed by atoms with van der Waals surface area (Å²) in [6.45, 7) is 5.58. The van der Waals surface area contributed by atoms with Crippen molar-refractivity contribution < 1.29 is 17.9 Å². The normalized spacial score (nSPS) is 15.7. The minimum absolute atomic E-state index is 0.00121. The summed E-state index contributed by atoms with van der Waals surface area (Å²) in [5, 5.41) is 10.3. The topological polar surface area (TPSA) is 110 Å². The molecule has 1 fully saturated rings. The molecule has 194 valence electrons. The lowest BCUT2D eigenvalue weighted by molar-refractivity contribution is 0.0730. The van der Waals surface area contributed by atoms with Crippen LogP contribution < -0.4 is 0 Å². The first-order chi connectivity index (χ1) is 17.9. The summed E-state index contributed by atoms with van der Waals surface area (Å²) in [6.07, 6.45) is 2.57. The highest BCUT2D eigenvalue weighted by molar-refractivity contribution is 7.99. The van der Waals surface area contributed by atoms with Crippen LogP contribution in [-0.2, 0) is 14.8 Å². The molecule has 0 spiro atoms. The number of nitrogens with zero attached hydrogens (tertiary/aromatic N) is 4. The number of hydrogen-bond donors (Lipinski definition) is 1. The quantitative estimate of drug-likeness (QED) is 0.248. The number of benzene rings is 2. The Hall–Kier alpha value is -2.99. The third-order valence-corrected chi connectivity index (χ3v) is 9.46. The molecule has 0 unspecified atom stereocenters. The van der Waals surface area contributed by atoms with Crippen LogP contribution in [0.3, 0.4) is 0 Å². The van der Waals surface area contributed by atoms with Gasteiger partial charge in [0.1, 0.15) is 0 Å². The van der Waals surface area contributed by atoms with Gasteiger partial charge in [-0.15, -0.1) is 10.2 Å². The van der Waals surface area contributed by atoms with E-state index in [1.807, 2.05) is 34.9 Å². The van der Waals surface area contributed by atoms with Crippen molar-refractivity contribution in [2.75, 3.05) is 32.1 Å². The molecule has 2 aromatic heterocycles. The van der Waals surface area contributed by atoms with Gasteiger partial charge in [0.05, 0.1) is 23.9 Å². The molecular formula is C26H29N5O4S2. The molecule has 2 aromatic carbocycles. The lowest BCUT2D eigenvalue weighted by Crippen LogP contribution is -2.40. The van der Waals surface area contributed by atoms with Crippen LogP contribution in [0.1, 0.15) is 36.7 Å². The average molecular weight is 540 g/mol. The standard InChI is InChI=1S/C26H29N5O4S2/c1-3-18(2)31-25(19-7-6-8-20(15-19)37(33,34)30-11-13-35-14-12-30)28-29-26(31)36-17-24(32)22-16-27-23-10-5-4-9-21(22)23/h4-10,15-16,18,27H,3,11-14,17H2,1-2H3/t18-/m1/s1. The Morgan fingerprint density at radius 1 is 1.14 bits per heavy atom. The number of carbonyl (C=O) groups excluding carboxylic acids is 1. The van der Waals surface area contributed by atoms with Crippen LogP contribution in [0.25, 0.3) is 22.3 Å². The maximum absolute atomic E-state index is 13.2. The van der Waals surface area contributed by atoms with Gasteiger partial charge < -0.3 is 9.72 Å². The molecule has 5 rings (SSSR count). The fraction of sp³-hybridized carbons (Fsp3) is 0.346. The zero-order valence-corrected chi connectivity index (χ0v) is 22.4. The number of hydrogen-bond acceptors (Lipinski definition) is 7. The SMILES string of the molecule is CC[C@@H](C)n1c(SCC(=O)c2c[nH]c3ccccc23)nnc1-c1cccc(S(=O)(=O)N2CCOCC2)c1. The molecule has 9 nitrogen and oxygen atoms in total. The van der Waals surface area contributed by atoms with E-state index in [2.05, 4.69) is 29.0 Å². The van der Waals surface area contributed by atoms with Crippen LogP contribution in [0.4, 0.5) is 0 Å². The summed E-state index contributed by atoms with van der Waals surface area (Å²) in [6, 6.07) is 14.6. The van der Waals surface area contributed by atoms with Crippen molar-refractivity contribution in [3.05, 3.63) is 60.3 Å². The Bertz CT molecular complexity index is 1520. The molecule has 1 saturated heterocycles. The number of nitrogens with one attached hydrogen (secondary N) is 1. The first kappa shape index (κ1) is 25.7. The van der Waals surface area contributed by atoms with E-state index in [1.165, 1.54) is 16.1 Å². The van der Waals surface area contributed by atoms with E-state index in [0.29, 0.717) is 48.4 Å². The maximum Gasteiger partial charge on any atom is 0.243 e. The monoisotopic (exact) mass is 539 g/mol. The van der Waals surface area contributed by atoms with Crippen LogP contribution >= 0.6 is 11.8 Å². The Labute approximate surface area is 220 Å². The summed E-state index contributed by atoms with van der Waals surface area (Å²) >= 11 is 1.34. The number of sulfonamides is 1. The fourth-order valence-electron chi connectivity index (χ4n) is 4.39. The van der Waals surface area contributed by atoms with Crippen molar-refractivity contribution in [1.29, 1.82) is 0 Å². The molecule has 1 atom stereocenters. The van der Waals surface area contributed by atoms with E-state index in [0.717, 1.165) is 17.3 Å². The number of ketones is 1. The molecule has 0 amide bonds. The number of ether oxygens (including phenoxy) is 1. The van der Waals surface area contributed by atoms with Crippen molar-refractivity contribution in [2.24, 2.45) is 0 Å². The molecule has 0 bridgehead atoms. The van der Waals surface area contributed by atoms with E-state index in [-0.39, 0.29) is 22.5 Å². The highest BCUT2D eigenvalue weighted by Gasteiger charge is 2.27. The molecule has 3 heterocycles. The summed E-state index contributed by atoms with van der Waals surface area (Å²) in [4.78, 5) is 16.4. The second-order valence-corrected chi connectivity index (χ2v) is 11.8. The van der Waals surface area contributed by atoms with Crippen LogP contribution in [-0.4, -0.2) is 70.3 Å². The van der Waals surface area contributed by atoms with Crippen LogP contribution in [0, 0.1) is 0 Å². The van der Waals surface area contributed by atoms with Crippen molar-refractivity contribution in [1.82, 2.24) is 24.1 Å². The van der Waals surface area contributed by atoms with Crippen molar-refractivity contribution >= 4 is 38.5 Å². The lowest BCUT2D eigenvalue weighted by Gasteiger charge is -2.26. The third-order valence-electron chi connectivity index (χ3n) is 6.62. The minimum Gasteiger partial charge on any atom is -0.379 e. The summed E-state index contributed by atoms with van der Waals surface area (Å²) in [5.74, 6) is 0.790. The Morgan fingerprint density at radius 3 is 2.70 bits per heavy atom. The number of para-hydroxylation sites is 1. The van der Waals surface area contributed by atoms with E-state index >= 15 is 0 Å². The maximum atomic E-state index is 13.2. The second-order valence-electron chi connectivity index (χ2n) is 8.94. The summed E-state index contributed by atoms with van der Waals surface area (Å²) < 4.78 is 35.2. The number of fused-ring (bicyclic) bond motifs is 1. The van der Waals surface area contributed by atoms with E-state index in [1.54, 1.807) is 24.4 Å². The number of carbonyl (C=O) groups is 1. The lowest BCUT2D eigenvalue weighted by atomic mass is 10.1. The molecule has 0 saturated carbocycles. The molecule has 1 aliphatic rings. The van der Waals surface area contributed by atoms with Crippen molar-refractivity contribution in [2.45, 2.75) is 36.4 Å². The van der Waals surface area contributed by atoms with Gasteiger partial charge in [0.15, 0.2) is 16.8 Å². The van der Waals surface area contributed by atoms with Gasteiger partial charge in [0.2, 0.25) is 10.0 Å². The Balaban J connectivity index is 1.42. The number of thioether (sulfide) groups is 1. The van der Waals surface area contributed by atoms with E-state index in [4.69, 9.17) is 4.74 Å². The Morgan fingerprint density at radius 2 is 1.92 bits per heavy atom. The molecule has 1 N–H and O–H groups in total. The van der Waals surface area contributed by atoms with Crippen molar-refractivity contribution in [3.8, 4) is 11.4 Å². The van der Waals surface area contributed by atoms with Gasteiger partial charge in [0.25, 0.3) is 0 Å². The van der Waals surface area contributed by atoms with Gasteiger partial charge in [-0.3, -0.25) is 9.36 Å². The summed E-state index contributed by atoms with van der Waals surface area (Å²) in [7, 11) is -3.65. The highest BCUT2D eigenvalue weighted by atomic mass is 32.2. The van der Waals surface area contributed by atoms with Crippen molar-refractivity contribution in [3.63, 3.8) is 0 Å². The molecule has 4 aromatic rings. The number of aromatic nitrogens is 4. The van der Waals surface area contributed by atoms with Crippen LogP contribution in [0.2, 0.25) is 0 Å². The Kier molecular flexibility index (Phi) is 7.47. The predicted octanol–water partition coefficient (Wildman–Crippen LogP) is 4.39. The molecule has 1 aliphatic heterocycles. The largest absolute Gasteiger partial charge is 0.379 e. The minimum atomic E-state index is -3.65. The zero-order valence-electron chi connectivity index (χ0n) is 20.8. The van der Waals surface area contributed by atoms with Crippen LogP contribution in [0.5, 0.6) is 0 Å². The fourth-order valence-corrected chi connectivity index (χ4v) is 6.77. The number of H-pyrrole nitrogens is 1. The molecule has 0 aliphatic carbocycles. The number of aromatic amines is 1. The number of Topliss-reactive ketones (excluding diaryl/α,β-unsaturated/α-hetero) is 1. The number of morpholine rings is 1. The van der Waals surface area contributed by atoms with Crippen LogP contribution in [0.15, 0.2) is 64.8 Å². The van der Waals surface area contributed by atoms with Gasteiger partial charge in [-0.05, 0) is 31.5 Å². The molecule has 37 heavy (non-hydrogen) atoms. The highest BCUT2D eigenvalue weighted by Crippen LogP contribution is 2.31. The summed E-state index contributed by atoms with van der Waals surface area (Å²) in [5.41, 5.74) is 2.24. The first-order valence-corrected chi connectivity index (χ1v) is 14.7. The predicted molar refractivity (Wildman–Crippen MR) is 143 cm³/mol. The molecular weight excluding hydrogens is 510 g/mol. The molecule has 0 radical (unpaired) electrons. The first-order valence-electron chi connectivity index (χ1n) is 12.3. The number of rotatable bonds is 9. The van der Waals surface area contributed by atoms with Gasteiger partial charge >= 0.3 is 0 Å². The van der Waals surface area contributed by atoms with Gasteiger partial charge in [-0.25, -0.2) is 8.42 Å². The molecule has 11 heteroatoms. The van der Waals surface area contributed by atoms with E-state index in [9.17, 15) is 13.2 Å². The third kappa shape index (κ3) is 5.08. The smallest absolute Gasteiger partial charge is 0.243 e. The van der Waals surface area contributed by atoms with E-state index < -0.39 is 10.0 Å². The zero-order chi connectivity index (χ0) is 26.0. The second kappa shape index (κ2) is 10.8. The average Bonchev–Trinajstić information content (AvgIpc) is 3.56. The van der Waals surface area contributed by atoms with Gasteiger partial charge in [0, 0.05) is 47.4 Å². The van der Waals surface area contributed by atoms with Gasteiger partial charge in [-0.1, -0.05) is 49.0 Å². The van der Waals surface area contributed by atoms with Gasteiger partial charge in [-0.2, -0.15) is 4.31 Å².